The molecule has 1 unspecified atom stereocenters. The van der Waals surface area contributed by atoms with Gasteiger partial charge in [-0.15, -0.1) is 0 Å². The number of piperidine rings is 1. The largest absolute Gasteiger partial charge is 0.493 e. The lowest BCUT2D eigenvalue weighted by molar-refractivity contribution is -0.131. The fraction of sp³-hybridized carbons (Fsp3) is 0.559. The highest BCUT2D eigenvalue weighted by molar-refractivity contribution is 5.92. The summed E-state index contributed by atoms with van der Waals surface area (Å²) in [4.78, 5) is 57.9. The van der Waals surface area contributed by atoms with Crippen LogP contribution in [0.1, 0.15) is 48.8 Å². The summed E-state index contributed by atoms with van der Waals surface area (Å²) in [7, 11) is 4.80. The van der Waals surface area contributed by atoms with E-state index in [-0.39, 0.29) is 42.7 Å². The van der Waals surface area contributed by atoms with E-state index in [2.05, 4.69) is 38.1 Å². The lowest BCUT2D eigenvalue weighted by Crippen LogP contribution is -2.43. The molecule has 1 aromatic carbocycles. The highest BCUT2D eigenvalue weighted by atomic mass is 16.5. The number of rotatable bonds is 6. The zero-order valence-electron chi connectivity index (χ0n) is 28.4. The molecule has 1 saturated heterocycles. The molecule has 4 heterocycles. The Bertz CT molecular complexity index is 1680. The molecule has 1 atom stereocenters. The van der Waals surface area contributed by atoms with Crippen LogP contribution >= 0.6 is 0 Å². The van der Waals surface area contributed by atoms with Crippen LogP contribution in [-0.2, 0) is 22.6 Å². The molecule has 47 heavy (non-hydrogen) atoms. The predicted molar refractivity (Wildman–Crippen MR) is 180 cm³/mol. The van der Waals surface area contributed by atoms with Crippen LogP contribution in [0.5, 0.6) is 17.2 Å². The summed E-state index contributed by atoms with van der Waals surface area (Å²) in [5.41, 5.74) is 2.35. The van der Waals surface area contributed by atoms with Crippen LogP contribution in [0.2, 0.25) is 0 Å². The number of aromatic nitrogens is 3. The molecule has 2 N–H and O–H groups in total. The van der Waals surface area contributed by atoms with E-state index in [0.717, 1.165) is 54.8 Å². The Morgan fingerprint density at radius 1 is 1.00 bits per heavy atom. The first kappa shape index (κ1) is 34.0. The van der Waals surface area contributed by atoms with Gasteiger partial charge in [-0.1, -0.05) is 6.92 Å². The van der Waals surface area contributed by atoms with Crippen LogP contribution in [0.25, 0.3) is 10.9 Å². The second-order valence-corrected chi connectivity index (χ2v) is 12.3. The van der Waals surface area contributed by atoms with Gasteiger partial charge in [0.05, 0.1) is 33.3 Å². The molecule has 2 aliphatic heterocycles. The summed E-state index contributed by atoms with van der Waals surface area (Å²) in [6, 6.07) is 4.01. The van der Waals surface area contributed by atoms with E-state index < -0.39 is 0 Å². The number of nitrogens with zero attached hydrogens (tertiary/aromatic N) is 5. The molecule has 0 spiro atoms. The van der Waals surface area contributed by atoms with Crippen molar-refractivity contribution in [2.24, 2.45) is 5.92 Å². The number of amides is 2. The number of hydrogen-bond donors (Lipinski definition) is 2. The summed E-state index contributed by atoms with van der Waals surface area (Å²) in [5, 5.41) is 3.93. The molecule has 0 saturated carbocycles. The van der Waals surface area contributed by atoms with Crippen molar-refractivity contribution in [2.75, 3.05) is 72.0 Å². The normalized spacial score (nSPS) is 18.2. The van der Waals surface area contributed by atoms with Gasteiger partial charge in [-0.3, -0.25) is 19.3 Å². The fourth-order valence-electron chi connectivity index (χ4n) is 6.65. The third-order valence-electron chi connectivity index (χ3n) is 9.24. The maximum absolute atomic E-state index is 13.7. The third kappa shape index (κ3) is 7.61. The van der Waals surface area contributed by atoms with Gasteiger partial charge in [-0.05, 0) is 45.2 Å². The van der Waals surface area contributed by atoms with Crippen LogP contribution in [0.3, 0.4) is 0 Å². The van der Waals surface area contributed by atoms with E-state index in [1.807, 2.05) is 6.07 Å². The maximum atomic E-state index is 13.7. The summed E-state index contributed by atoms with van der Waals surface area (Å²) in [5.74, 6) is 2.96. The Morgan fingerprint density at radius 2 is 1.79 bits per heavy atom. The van der Waals surface area contributed by atoms with Gasteiger partial charge < -0.3 is 34.3 Å². The lowest BCUT2D eigenvalue weighted by atomic mass is 9.97. The summed E-state index contributed by atoms with van der Waals surface area (Å²) >= 11 is 0. The Kier molecular flexibility index (Phi) is 10.8. The number of hydrogen-bond acceptors (Lipinski definition) is 10. The quantitative estimate of drug-likeness (QED) is 0.409. The Labute approximate surface area is 275 Å². The van der Waals surface area contributed by atoms with Crippen LogP contribution in [-0.4, -0.2) is 104 Å². The van der Waals surface area contributed by atoms with Gasteiger partial charge >= 0.3 is 0 Å². The number of anilines is 1. The van der Waals surface area contributed by atoms with Crippen molar-refractivity contribution in [1.29, 1.82) is 0 Å². The van der Waals surface area contributed by atoms with Gasteiger partial charge in [0, 0.05) is 80.5 Å². The summed E-state index contributed by atoms with van der Waals surface area (Å²) in [6.45, 7) is 10.3. The van der Waals surface area contributed by atoms with E-state index in [4.69, 9.17) is 19.2 Å². The second-order valence-electron chi connectivity index (χ2n) is 12.3. The topological polar surface area (TPSA) is 142 Å². The van der Waals surface area contributed by atoms with E-state index in [1.165, 1.54) is 0 Å². The number of aryl methyl sites for hydroxylation is 2. The average molecular weight is 650 g/mol. The van der Waals surface area contributed by atoms with Gasteiger partial charge in [0.15, 0.2) is 11.5 Å². The van der Waals surface area contributed by atoms with Gasteiger partial charge in [-0.25, -0.2) is 9.97 Å². The molecule has 1 fully saturated rings. The summed E-state index contributed by atoms with van der Waals surface area (Å²) < 4.78 is 17.1. The number of ether oxygens (including phenoxy) is 3. The van der Waals surface area contributed by atoms with E-state index in [0.29, 0.717) is 60.5 Å². The number of pyridine rings is 1. The fourth-order valence-corrected chi connectivity index (χ4v) is 6.65. The van der Waals surface area contributed by atoms with Gasteiger partial charge in [0.1, 0.15) is 11.6 Å². The van der Waals surface area contributed by atoms with Gasteiger partial charge in [0.25, 0.3) is 5.56 Å². The summed E-state index contributed by atoms with van der Waals surface area (Å²) in [6.07, 6.45) is 2.10. The van der Waals surface area contributed by atoms with Crippen molar-refractivity contribution in [2.45, 2.75) is 53.0 Å². The SMILES string of the molecule is CCN1CCN(C(=O)Cc2c(C)nc(C)[nH]c2=O)CCC(=O)NCC2CCCN(C2)c2nc3cc(OC)c(OC)c(OC)c3cc2C1. The number of carbonyl (C=O) groups is 2. The van der Waals surface area contributed by atoms with Crippen LogP contribution in [0.15, 0.2) is 16.9 Å². The first-order valence-electron chi connectivity index (χ1n) is 16.4. The average Bonchev–Trinajstić information content (AvgIpc) is 3.06. The number of likely N-dealkylation sites (N-methyl/N-ethyl adjacent to an activating group) is 1. The number of fused-ring (bicyclic) bond motifs is 5. The number of H-pyrrole nitrogens is 1. The molecule has 2 amide bonds. The number of carbonyl (C=O) groups excluding carboxylic acids is 2. The molecule has 3 aromatic rings. The standard InChI is InChI=1S/C34H47N7O6/c1-7-39-13-14-40(30(43)16-25-21(2)36-22(3)37-34(25)44)12-10-29(42)35-18-23-9-8-11-41(19-23)33-24(20-39)15-26-27(38-33)17-28(45-4)32(47-6)31(26)46-5/h15,17,23H,7-14,16,18-20H2,1-6H3,(H,35,42)(H,36,37,44). The lowest BCUT2D eigenvalue weighted by Gasteiger charge is -2.35. The third-order valence-corrected chi connectivity index (χ3v) is 9.24. The molecule has 2 aliphatic rings. The van der Waals surface area contributed by atoms with Crippen LogP contribution in [0, 0.1) is 19.8 Å². The van der Waals surface area contributed by atoms with Crippen molar-refractivity contribution in [1.82, 2.24) is 30.1 Å². The van der Waals surface area contributed by atoms with Crippen LogP contribution < -0.4 is 30.0 Å². The van der Waals surface area contributed by atoms with Crippen molar-refractivity contribution in [3.8, 4) is 17.2 Å². The van der Waals surface area contributed by atoms with Gasteiger partial charge in [-0.2, -0.15) is 0 Å². The molecule has 2 aromatic heterocycles. The first-order chi connectivity index (χ1) is 22.6. The highest BCUT2D eigenvalue weighted by Crippen LogP contribution is 2.44. The molecule has 254 valence electrons. The number of methoxy groups -OCH3 is 3. The molecule has 13 nitrogen and oxygen atoms in total. The smallest absolute Gasteiger partial charge is 0.254 e. The van der Waals surface area contributed by atoms with Crippen LogP contribution in [0.4, 0.5) is 5.82 Å². The first-order valence-corrected chi connectivity index (χ1v) is 16.4. The molecular weight excluding hydrogens is 602 g/mol. The number of nitrogens with one attached hydrogen (secondary N) is 2. The van der Waals surface area contributed by atoms with Crippen molar-refractivity contribution < 1.29 is 23.8 Å². The van der Waals surface area contributed by atoms with E-state index in [9.17, 15) is 14.4 Å². The second kappa shape index (κ2) is 15.0. The number of aromatic amines is 1. The van der Waals surface area contributed by atoms with Crippen molar-refractivity contribution >= 4 is 28.5 Å². The minimum absolute atomic E-state index is 0.0803. The molecular formula is C34H47N7O6. The van der Waals surface area contributed by atoms with E-state index in [1.54, 1.807) is 40.1 Å². The molecule has 13 heteroatoms. The Hall–Kier alpha value is -4.39. The van der Waals surface area contributed by atoms with E-state index >= 15 is 0 Å². The molecule has 5 rings (SSSR count). The number of benzene rings is 1. The Balaban J connectivity index is 1.52. The van der Waals surface area contributed by atoms with Crippen molar-refractivity contribution in [3.63, 3.8) is 0 Å². The predicted octanol–water partition coefficient (Wildman–Crippen LogP) is 2.59. The minimum Gasteiger partial charge on any atom is -0.493 e. The molecule has 0 aliphatic carbocycles. The highest BCUT2D eigenvalue weighted by Gasteiger charge is 2.27. The zero-order chi connectivity index (χ0) is 33.7. The van der Waals surface area contributed by atoms with Crippen molar-refractivity contribution in [3.05, 3.63) is 45.1 Å². The minimum atomic E-state index is -0.309. The molecule has 2 bridgehead atoms. The van der Waals surface area contributed by atoms with Gasteiger partial charge in [0.2, 0.25) is 17.6 Å². The zero-order valence-corrected chi connectivity index (χ0v) is 28.4. The maximum Gasteiger partial charge on any atom is 0.254 e. The molecule has 0 radical (unpaired) electrons. The monoisotopic (exact) mass is 649 g/mol. The Morgan fingerprint density at radius 3 is 2.49 bits per heavy atom.